The predicted octanol–water partition coefficient (Wildman–Crippen LogP) is 3.49. The number of ether oxygens (including phenoxy) is 1. The molecule has 3 atom stereocenters. The van der Waals surface area contributed by atoms with E-state index in [0.29, 0.717) is 38.3 Å². The molecule has 37 heavy (non-hydrogen) atoms. The number of aliphatic hydroxyl groups excluding tert-OH is 1. The van der Waals surface area contributed by atoms with Crippen LogP contribution >= 0.6 is 0 Å². The van der Waals surface area contributed by atoms with E-state index in [4.69, 9.17) is 0 Å². The predicted molar refractivity (Wildman–Crippen MR) is 128 cm³/mol. The van der Waals surface area contributed by atoms with Crippen LogP contribution in [0, 0.1) is 5.82 Å². The van der Waals surface area contributed by atoms with E-state index >= 15 is 0 Å². The number of benzene rings is 1. The molecule has 1 fully saturated rings. The summed E-state index contributed by atoms with van der Waals surface area (Å²) in [5.41, 5.74) is 1.80. The average molecular weight is 526 g/mol. The molecular weight excluding hydrogens is 494 g/mol. The monoisotopic (exact) mass is 525 g/mol. The van der Waals surface area contributed by atoms with Crippen LogP contribution in [0.25, 0.3) is 0 Å². The van der Waals surface area contributed by atoms with Gasteiger partial charge in [-0.05, 0) is 30.0 Å². The highest BCUT2D eigenvalue weighted by Gasteiger charge is 2.36. The van der Waals surface area contributed by atoms with E-state index in [1.54, 1.807) is 4.90 Å². The first-order valence-corrected chi connectivity index (χ1v) is 12.3. The number of aliphatic hydroxyl groups is 1. The quantitative estimate of drug-likeness (QED) is 0.535. The van der Waals surface area contributed by atoms with Gasteiger partial charge in [0.25, 0.3) is 0 Å². The number of carbonyl (C=O) groups excluding carboxylic acids is 1. The Hall–Kier alpha value is -2.99. The third-order valence-electron chi connectivity index (χ3n) is 6.78. The Morgan fingerprint density at radius 2 is 1.92 bits per heavy atom. The van der Waals surface area contributed by atoms with E-state index in [-0.39, 0.29) is 30.0 Å². The van der Waals surface area contributed by atoms with Gasteiger partial charge in [-0.2, -0.15) is 0 Å². The molecule has 8 nitrogen and oxygen atoms in total. The maximum atomic E-state index is 14.0. The van der Waals surface area contributed by atoms with Gasteiger partial charge in [-0.3, -0.25) is 4.79 Å². The molecule has 202 valence electrons. The van der Waals surface area contributed by atoms with E-state index in [1.807, 2.05) is 20.8 Å². The van der Waals surface area contributed by atoms with Crippen molar-refractivity contribution in [2.75, 3.05) is 37.6 Å². The first-order valence-electron chi connectivity index (χ1n) is 12.3. The fourth-order valence-corrected chi connectivity index (χ4v) is 4.95. The summed E-state index contributed by atoms with van der Waals surface area (Å²) >= 11 is 0. The minimum atomic E-state index is -5.06. The van der Waals surface area contributed by atoms with Gasteiger partial charge >= 0.3 is 6.36 Å². The van der Waals surface area contributed by atoms with Crippen LogP contribution in [0.5, 0.6) is 5.75 Å². The minimum Gasteiger partial charge on any atom is -0.403 e. The fourth-order valence-electron chi connectivity index (χ4n) is 4.95. The molecule has 1 saturated heterocycles. The SMILES string of the molecule is CC(C)NCC(C(=O)N1CCN(c2ncnc3c2[C@H](C)C[C@H]3O)CC1)c1ccc(F)c(OC(F)(F)F)c1. The lowest BCUT2D eigenvalue weighted by Gasteiger charge is -2.38. The summed E-state index contributed by atoms with van der Waals surface area (Å²) in [6, 6.07) is 3.17. The Bertz CT molecular complexity index is 1120. The van der Waals surface area contributed by atoms with E-state index in [2.05, 4.69) is 24.9 Å². The maximum Gasteiger partial charge on any atom is 0.573 e. The molecule has 2 aliphatic rings. The van der Waals surface area contributed by atoms with Crippen molar-refractivity contribution < 1.29 is 32.2 Å². The third-order valence-corrected chi connectivity index (χ3v) is 6.78. The minimum absolute atomic E-state index is 0.0238. The van der Waals surface area contributed by atoms with Crippen LogP contribution < -0.4 is 15.0 Å². The van der Waals surface area contributed by atoms with Crippen LogP contribution in [0.15, 0.2) is 24.5 Å². The molecule has 1 aliphatic carbocycles. The molecule has 4 rings (SSSR count). The maximum absolute atomic E-state index is 14.0. The number of fused-ring (bicyclic) bond motifs is 1. The van der Waals surface area contributed by atoms with Gasteiger partial charge in [0.2, 0.25) is 5.91 Å². The van der Waals surface area contributed by atoms with Crippen molar-refractivity contribution in [3.63, 3.8) is 0 Å². The summed E-state index contributed by atoms with van der Waals surface area (Å²) in [6.45, 7) is 7.71. The lowest BCUT2D eigenvalue weighted by Crippen LogP contribution is -2.51. The summed E-state index contributed by atoms with van der Waals surface area (Å²) in [5, 5.41) is 13.4. The zero-order valence-electron chi connectivity index (χ0n) is 20.9. The first-order chi connectivity index (χ1) is 17.4. The fraction of sp³-hybridized carbons (Fsp3) is 0.560. The van der Waals surface area contributed by atoms with E-state index in [9.17, 15) is 27.5 Å². The lowest BCUT2D eigenvalue weighted by molar-refractivity contribution is -0.275. The van der Waals surface area contributed by atoms with Crippen LogP contribution in [0.1, 0.15) is 62.0 Å². The summed E-state index contributed by atoms with van der Waals surface area (Å²) in [7, 11) is 0. The number of amides is 1. The lowest BCUT2D eigenvalue weighted by atomic mass is 9.96. The topological polar surface area (TPSA) is 90.8 Å². The Labute approximate surface area is 212 Å². The smallest absolute Gasteiger partial charge is 0.403 e. The molecule has 1 aromatic carbocycles. The number of halogens is 4. The molecule has 1 aliphatic heterocycles. The third kappa shape index (κ3) is 6.12. The van der Waals surface area contributed by atoms with Crippen LogP contribution in [0.2, 0.25) is 0 Å². The number of hydrogen-bond acceptors (Lipinski definition) is 7. The zero-order chi connectivity index (χ0) is 26.9. The highest BCUT2D eigenvalue weighted by Crippen LogP contribution is 2.42. The van der Waals surface area contributed by atoms with Crippen molar-refractivity contribution in [1.29, 1.82) is 0 Å². The number of alkyl halides is 3. The van der Waals surface area contributed by atoms with Gasteiger partial charge in [-0.1, -0.05) is 26.8 Å². The number of hydrogen-bond donors (Lipinski definition) is 2. The number of nitrogens with one attached hydrogen (secondary N) is 1. The molecule has 0 radical (unpaired) electrons. The standard InChI is InChI=1S/C25H31F4N5O3/c1-14(2)30-12-17(16-4-5-18(26)20(11-16)37-25(27,28)29)24(36)34-8-6-33(7-9-34)23-21-15(3)10-19(35)22(21)31-13-32-23/h4-5,11,13-15,17,19,30,35H,6-10,12H2,1-3H3/t15-,17?,19-/m1/s1. The van der Waals surface area contributed by atoms with Gasteiger partial charge in [0, 0.05) is 44.3 Å². The average Bonchev–Trinajstić information content (AvgIpc) is 3.13. The molecule has 0 spiro atoms. The van der Waals surface area contributed by atoms with Gasteiger partial charge in [-0.15, -0.1) is 13.2 Å². The van der Waals surface area contributed by atoms with Crippen LogP contribution in [0.4, 0.5) is 23.4 Å². The molecule has 1 unspecified atom stereocenters. The van der Waals surface area contributed by atoms with Crippen LogP contribution in [-0.4, -0.2) is 71.0 Å². The molecule has 0 bridgehead atoms. The van der Waals surface area contributed by atoms with Crippen molar-refractivity contribution in [1.82, 2.24) is 20.2 Å². The normalized spacial score (nSPS) is 20.8. The highest BCUT2D eigenvalue weighted by molar-refractivity contribution is 5.84. The molecule has 2 heterocycles. The Kier molecular flexibility index (Phi) is 7.88. The second-order valence-electron chi connectivity index (χ2n) is 9.81. The Morgan fingerprint density at radius 1 is 1.22 bits per heavy atom. The molecule has 1 amide bonds. The van der Waals surface area contributed by atoms with Crippen molar-refractivity contribution in [2.24, 2.45) is 0 Å². The molecule has 0 saturated carbocycles. The van der Waals surface area contributed by atoms with Crippen LogP contribution in [0.3, 0.4) is 0 Å². The van der Waals surface area contributed by atoms with E-state index in [0.717, 1.165) is 23.5 Å². The number of carbonyl (C=O) groups is 1. The molecule has 1 aromatic heterocycles. The molecular formula is C25H31F4N5O3. The van der Waals surface area contributed by atoms with Crippen molar-refractivity contribution in [2.45, 2.75) is 57.5 Å². The molecule has 2 aromatic rings. The number of piperazine rings is 1. The largest absolute Gasteiger partial charge is 0.573 e. The molecule has 2 N–H and O–H groups in total. The number of anilines is 1. The van der Waals surface area contributed by atoms with Gasteiger partial charge in [0.15, 0.2) is 11.6 Å². The molecule has 12 heteroatoms. The number of rotatable bonds is 7. The van der Waals surface area contributed by atoms with Gasteiger partial charge in [0.05, 0.1) is 17.7 Å². The summed E-state index contributed by atoms with van der Waals surface area (Å²) < 4.78 is 56.1. The van der Waals surface area contributed by atoms with Crippen molar-refractivity contribution in [3.8, 4) is 5.75 Å². The number of aromatic nitrogens is 2. The second-order valence-corrected chi connectivity index (χ2v) is 9.81. The first kappa shape index (κ1) is 27.1. The van der Waals surface area contributed by atoms with Crippen LogP contribution in [-0.2, 0) is 4.79 Å². The van der Waals surface area contributed by atoms with Gasteiger partial charge in [0.1, 0.15) is 12.1 Å². The second kappa shape index (κ2) is 10.8. The van der Waals surface area contributed by atoms with Gasteiger partial charge in [-0.25, -0.2) is 14.4 Å². The van der Waals surface area contributed by atoms with E-state index < -0.39 is 30.0 Å². The Morgan fingerprint density at radius 3 is 2.57 bits per heavy atom. The van der Waals surface area contributed by atoms with Crippen molar-refractivity contribution >= 4 is 11.7 Å². The summed E-state index contributed by atoms with van der Waals surface area (Å²) in [6.07, 6.45) is -3.65. The Balaban J connectivity index is 1.51. The number of nitrogens with zero attached hydrogens (tertiary/aromatic N) is 4. The summed E-state index contributed by atoms with van der Waals surface area (Å²) in [4.78, 5) is 26.0. The summed E-state index contributed by atoms with van der Waals surface area (Å²) in [5.74, 6) is -2.36. The van der Waals surface area contributed by atoms with E-state index in [1.165, 1.54) is 12.4 Å². The zero-order valence-corrected chi connectivity index (χ0v) is 20.9. The van der Waals surface area contributed by atoms with Gasteiger partial charge < -0.3 is 25.0 Å². The van der Waals surface area contributed by atoms with Crippen molar-refractivity contribution in [3.05, 3.63) is 47.2 Å². The highest BCUT2D eigenvalue weighted by atomic mass is 19.4.